The zero-order valence-corrected chi connectivity index (χ0v) is 11.6. The van der Waals surface area contributed by atoms with E-state index in [1.165, 1.54) is 0 Å². The van der Waals surface area contributed by atoms with Crippen LogP contribution in [0.5, 0.6) is 0 Å². The zero-order chi connectivity index (χ0) is 14.8. The number of H-pyrrole nitrogens is 1. The number of pyridine rings is 1. The molecule has 1 amide bonds. The van der Waals surface area contributed by atoms with E-state index in [1.54, 1.807) is 6.07 Å². The Kier molecular flexibility index (Phi) is 3.62. The number of hydrogen-bond acceptors (Lipinski definition) is 4. The molecule has 2 aromatic rings. The van der Waals surface area contributed by atoms with Crippen LogP contribution < -0.4 is 16.2 Å². The number of anilines is 1. The molecule has 0 spiro atoms. The topological polar surface area (TPSA) is 88.4 Å². The maximum atomic E-state index is 11.9. The lowest BCUT2D eigenvalue weighted by Crippen LogP contribution is -2.36. The molecule has 110 valence electrons. The molecule has 21 heavy (non-hydrogen) atoms. The van der Waals surface area contributed by atoms with Crippen molar-refractivity contribution >= 4 is 22.5 Å². The maximum Gasteiger partial charge on any atom is 0.250 e. The number of nitrogens with one attached hydrogen (secondary N) is 1. The lowest BCUT2D eigenvalue weighted by Gasteiger charge is -2.29. The molecule has 1 saturated heterocycles. The van der Waals surface area contributed by atoms with E-state index in [0.29, 0.717) is 13.2 Å². The lowest BCUT2D eigenvalue weighted by atomic mass is 10.1. The van der Waals surface area contributed by atoms with Crippen molar-refractivity contribution in [1.29, 1.82) is 0 Å². The van der Waals surface area contributed by atoms with Gasteiger partial charge >= 0.3 is 0 Å². The van der Waals surface area contributed by atoms with Gasteiger partial charge < -0.3 is 20.4 Å². The summed E-state index contributed by atoms with van der Waals surface area (Å²) in [4.78, 5) is 27.9. The number of nitrogens with two attached hydrogens (primary N) is 1. The van der Waals surface area contributed by atoms with Crippen LogP contribution in [0.2, 0.25) is 0 Å². The van der Waals surface area contributed by atoms with Crippen LogP contribution in [0.4, 0.5) is 5.69 Å². The maximum absolute atomic E-state index is 11.9. The molecule has 1 fully saturated rings. The van der Waals surface area contributed by atoms with Crippen LogP contribution in [0, 0.1) is 0 Å². The van der Waals surface area contributed by atoms with Crippen LogP contribution in [-0.4, -0.2) is 37.2 Å². The highest BCUT2D eigenvalue weighted by molar-refractivity contribution is 5.92. The van der Waals surface area contributed by atoms with Crippen LogP contribution in [0.15, 0.2) is 29.1 Å². The van der Waals surface area contributed by atoms with E-state index >= 15 is 0 Å². The minimum atomic E-state index is -0.388. The Hall–Kier alpha value is -2.34. The van der Waals surface area contributed by atoms with E-state index in [1.807, 2.05) is 18.2 Å². The molecule has 0 unspecified atom stereocenters. The Bertz CT molecular complexity index is 733. The molecule has 0 radical (unpaired) electrons. The summed E-state index contributed by atoms with van der Waals surface area (Å²) in [6, 6.07) is 7.22. The number of rotatable bonds is 3. The smallest absolute Gasteiger partial charge is 0.250 e. The van der Waals surface area contributed by atoms with Gasteiger partial charge in [0.25, 0.3) is 0 Å². The van der Waals surface area contributed by atoms with Gasteiger partial charge in [-0.15, -0.1) is 0 Å². The second kappa shape index (κ2) is 5.57. The molecule has 6 nitrogen and oxygen atoms in total. The summed E-state index contributed by atoms with van der Waals surface area (Å²) in [6.07, 6.45) is 0.166. The minimum Gasteiger partial charge on any atom is -0.378 e. The predicted octanol–water partition coefficient (Wildman–Crippen LogP) is 0.392. The van der Waals surface area contributed by atoms with Gasteiger partial charge in [0.1, 0.15) is 0 Å². The first kappa shape index (κ1) is 13.6. The van der Waals surface area contributed by atoms with E-state index in [0.717, 1.165) is 35.2 Å². The highest BCUT2D eigenvalue weighted by Crippen LogP contribution is 2.25. The number of primary amides is 1. The highest BCUT2D eigenvalue weighted by Gasteiger charge is 2.15. The number of nitrogens with zero attached hydrogens (tertiary/aromatic N) is 1. The zero-order valence-electron chi connectivity index (χ0n) is 11.6. The summed E-state index contributed by atoms with van der Waals surface area (Å²) in [5.41, 5.74) is 7.49. The van der Waals surface area contributed by atoms with Crippen molar-refractivity contribution in [1.82, 2.24) is 4.98 Å². The second-order valence-electron chi connectivity index (χ2n) is 5.14. The number of aromatic nitrogens is 1. The quantitative estimate of drug-likeness (QED) is 0.855. The number of carbonyl (C=O) groups is 1. The second-order valence-corrected chi connectivity index (χ2v) is 5.14. The lowest BCUT2D eigenvalue weighted by molar-refractivity contribution is -0.117. The van der Waals surface area contributed by atoms with Crippen LogP contribution in [0.25, 0.3) is 10.9 Å². The molecule has 0 saturated carbocycles. The van der Waals surface area contributed by atoms with Gasteiger partial charge in [0.2, 0.25) is 11.5 Å². The summed E-state index contributed by atoms with van der Waals surface area (Å²) in [5.74, 6) is -0.388. The van der Waals surface area contributed by atoms with Crippen molar-refractivity contribution in [2.75, 3.05) is 31.2 Å². The Labute approximate surface area is 121 Å². The molecule has 3 N–H and O–H groups in total. The third-order valence-electron chi connectivity index (χ3n) is 3.62. The molecule has 0 aliphatic carbocycles. The number of aromatic amines is 1. The molecule has 3 rings (SSSR count). The molecular formula is C15H17N3O3. The van der Waals surface area contributed by atoms with E-state index in [-0.39, 0.29) is 17.9 Å². The van der Waals surface area contributed by atoms with Crippen molar-refractivity contribution in [3.05, 3.63) is 40.2 Å². The Balaban J connectivity index is 2.07. The van der Waals surface area contributed by atoms with Crippen LogP contribution in [-0.2, 0) is 16.0 Å². The number of morpholine rings is 1. The van der Waals surface area contributed by atoms with Crippen LogP contribution >= 0.6 is 0 Å². The third kappa shape index (κ3) is 2.90. The third-order valence-corrected chi connectivity index (χ3v) is 3.62. The van der Waals surface area contributed by atoms with Crippen molar-refractivity contribution in [3.63, 3.8) is 0 Å². The molecule has 2 heterocycles. The first-order chi connectivity index (χ1) is 10.1. The summed E-state index contributed by atoms with van der Waals surface area (Å²) in [5, 5.41) is 0.963. The molecule has 1 aromatic carbocycles. The fourth-order valence-electron chi connectivity index (χ4n) is 2.67. The number of hydrogen-bond donors (Lipinski definition) is 2. The molecule has 1 aliphatic heterocycles. The number of ether oxygens (including phenoxy) is 1. The van der Waals surface area contributed by atoms with Gasteiger partial charge in [-0.2, -0.15) is 0 Å². The monoisotopic (exact) mass is 287 g/mol. The molecule has 0 bridgehead atoms. The van der Waals surface area contributed by atoms with E-state index in [2.05, 4.69) is 9.88 Å². The minimum absolute atomic E-state index is 0.153. The first-order valence-corrected chi connectivity index (χ1v) is 6.90. The Morgan fingerprint density at radius 3 is 2.76 bits per heavy atom. The van der Waals surface area contributed by atoms with E-state index < -0.39 is 0 Å². The summed E-state index contributed by atoms with van der Waals surface area (Å²) in [7, 11) is 0. The van der Waals surface area contributed by atoms with Gasteiger partial charge in [-0.1, -0.05) is 12.1 Å². The SMILES string of the molecule is NC(=O)Cc1ccc2c(N3CCOCC3)cc(=O)[nH]c2c1. The molecular weight excluding hydrogens is 270 g/mol. The largest absolute Gasteiger partial charge is 0.378 e. The van der Waals surface area contributed by atoms with Gasteiger partial charge in [-0.05, 0) is 11.6 Å². The number of benzene rings is 1. The Morgan fingerprint density at radius 1 is 1.29 bits per heavy atom. The molecule has 1 aromatic heterocycles. The van der Waals surface area contributed by atoms with Gasteiger partial charge in [0.15, 0.2) is 0 Å². The van der Waals surface area contributed by atoms with E-state index in [4.69, 9.17) is 10.5 Å². The molecule has 6 heteroatoms. The van der Waals surface area contributed by atoms with Gasteiger partial charge in [0, 0.05) is 24.5 Å². The fraction of sp³-hybridized carbons (Fsp3) is 0.333. The van der Waals surface area contributed by atoms with Gasteiger partial charge in [-0.3, -0.25) is 9.59 Å². The van der Waals surface area contributed by atoms with Crippen molar-refractivity contribution in [2.45, 2.75) is 6.42 Å². The summed E-state index contributed by atoms with van der Waals surface area (Å²) in [6.45, 7) is 2.85. The van der Waals surface area contributed by atoms with Crippen LogP contribution in [0.1, 0.15) is 5.56 Å². The highest BCUT2D eigenvalue weighted by atomic mass is 16.5. The standard InChI is InChI=1S/C15H17N3O3/c16-14(19)8-10-1-2-11-12(7-10)17-15(20)9-13(11)18-3-5-21-6-4-18/h1-2,7,9H,3-6,8H2,(H2,16,19)(H,17,20). The summed E-state index contributed by atoms with van der Waals surface area (Å²) < 4.78 is 5.35. The predicted molar refractivity (Wildman–Crippen MR) is 80.5 cm³/mol. The number of amides is 1. The Morgan fingerprint density at radius 2 is 2.05 bits per heavy atom. The van der Waals surface area contributed by atoms with Crippen molar-refractivity contribution in [3.8, 4) is 0 Å². The molecule has 0 atom stereocenters. The summed E-state index contributed by atoms with van der Waals surface area (Å²) >= 11 is 0. The average molecular weight is 287 g/mol. The normalized spacial score (nSPS) is 15.3. The molecule has 1 aliphatic rings. The van der Waals surface area contributed by atoms with Crippen LogP contribution in [0.3, 0.4) is 0 Å². The first-order valence-electron chi connectivity index (χ1n) is 6.90. The van der Waals surface area contributed by atoms with Gasteiger partial charge in [0.05, 0.1) is 30.8 Å². The fourth-order valence-corrected chi connectivity index (χ4v) is 2.67. The van der Waals surface area contributed by atoms with E-state index in [9.17, 15) is 9.59 Å². The van der Waals surface area contributed by atoms with Crippen molar-refractivity contribution < 1.29 is 9.53 Å². The number of carbonyl (C=O) groups excluding carboxylic acids is 1. The number of fused-ring (bicyclic) bond motifs is 1. The average Bonchev–Trinajstić information content (AvgIpc) is 2.46. The van der Waals surface area contributed by atoms with Crippen molar-refractivity contribution in [2.24, 2.45) is 5.73 Å². The van der Waals surface area contributed by atoms with Gasteiger partial charge in [-0.25, -0.2) is 0 Å².